The van der Waals surface area contributed by atoms with Crippen LogP contribution in [0.25, 0.3) is 0 Å². The van der Waals surface area contributed by atoms with Gasteiger partial charge in [-0.05, 0) is 18.6 Å². The van der Waals surface area contributed by atoms with Gasteiger partial charge in [0.15, 0.2) is 0 Å². The zero-order valence-electron chi connectivity index (χ0n) is 13.1. The summed E-state index contributed by atoms with van der Waals surface area (Å²) in [5, 5.41) is 0.484. The molecule has 0 saturated heterocycles. The maximum Gasteiger partial charge on any atom is 0.311 e. The maximum absolute atomic E-state index is 11.7. The van der Waals surface area contributed by atoms with Gasteiger partial charge in [-0.25, -0.2) is 0 Å². The molecule has 1 rings (SSSR count). The molecule has 0 amide bonds. The monoisotopic (exact) mass is 310 g/mol. The van der Waals surface area contributed by atoms with Crippen LogP contribution >= 0.6 is 11.6 Å². The molecule has 118 valence electrons. The Morgan fingerprint density at radius 1 is 0.952 bits per heavy atom. The minimum atomic E-state index is -0.189. The van der Waals surface area contributed by atoms with Gasteiger partial charge in [-0.3, -0.25) is 4.79 Å². The Labute approximate surface area is 133 Å². The van der Waals surface area contributed by atoms with Gasteiger partial charge < -0.3 is 4.74 Å². The van der Waals surface area contributed by atoms with Crippen LogP contribution in [0.5, 0.6) is 5.75 Å². The molecule has 0 radical (unpaired) electrons. The number of carbonyl (C=O) groups excluding carboxylic acids is 1. The molecule has 0 saturated carbocycles. The van der Waals surface area contributed by atoms with E-state index < -0.39 is 0 Å². The number of carbonyl (C=O) groups is 1. The number of benzene rings is 1. The van der Waals surface area contributed by atoms with Crippen molar-refractivity contribution in [3.8, 4) is 5.75 Å². The second kappa shape index (κ2) is 11.6. The summed E-state index contributed by atoms with van der Waals surface area (Å²) in [7, 11) is 0. The SMILES string of the molecule is CCCCCCCCCCCC(=O)Oc1ccccc1Cl. The second-order valence-electron chi connectivity index (χ2n) is 5.48. The molecule has 0 N–H and O–H groups in total. The first-order valence-electron chi connectivity index (χ1n) is 8.19. The summed E-state index contributed by atoms with van der Waals surface area (Å²) in [6, 6.07) is 7.08. The van der Waals surface area contributed by atoms with E-state index in [1.54, 1.807) is 12.1 Å². The van der Waals surface area contributed by atoms with E-state index in [0.717, 1.165) is 12.8 Å². The third-order valence-corrected chi connectivity index (χ3v) is 3.86. The summed E-state index contributed by atoms with van der Waals surface area (Å²) in [5.41, 5.74) is 0. The summed E-state index contributed by atoms with van der Waals surface area (Å²) in [4.78, 5) is 11.7. The summed E-state index contributed by atoms with van der Waals surface area (Å²) < 4.78 is 5.25. The lowest BCUT2D eigenvalue weighted by atomic mass is 10.1. The minimum absolute atomic E-state index is 0.189. The summed E-state index contributed by atoms with van der Waals surface area (Å²) in [6.45, 7) is 2.24. The summed E-state index contributed by atoms with van der Waals surface area (Å²) in [6.07, 6.45) is 11.7. The molecular weight excluding hydrogens is 284 g/mol. The van der Waals surface area contributed by atoms with Gasteiger partial charge in [-0.2, -0.15) is 0 Å². The van der Waals surface area contributed by atoms with Crippen molar-refractivity contribution < 1.29 is 9.53 Å². The Balaban J connectivity index is 2.00. The van der Waals surface area contributed by atoms with Crippen molar-refractivity contribution in [3.05, 3.63) is 29.3 Å². The molecule has 3 heteroatoms. The topological polar surface area (TPSA) is 26.3 Å². The largest absolute Gasteiger partial charge is 0.425 e. The van der Waals surface area contributed by atoms with Crippen molar-refractivity contribution in [1.29, 1.82) is 0 Å². The van der Waals surface area contributed by atoms with E-state index in [1.165, 1.54) is 44.9 Å². The van der Waals surface area contributed by atoms with Gasteiger partial charge in [0, 0.05) is 6.42 Å². The Morgan fingerprint density at radius 3 is 2.14 bits per heavy atom. The van der Waals surface area contributed by atoms with Crippen LogP contribution in [-0.4, -0.2) is 5.97 Å². The highest BCUT2D eigenvalue weighted by molar-refractivity contribution is 6.32. The van der Waals surface area contributed by atoms with E-state index in [0.29, 0.717) is 17.2 Å². The molecule has 1 aromatic rings. The van der Waals surface area contributed by atoms with E-state index >= 15 is 0 Å². The molecule has 0 spiro atoms. The van der Waals surface area contributed by atoms with Crippen molar-refractivity contribution in [3.63, 3.8) is 0 Å². The summed E-state index contributed by atoms with van der Waals surface area (Å²) >= 11 is 5.95. The Bertz CT molecular complexity index is 404. The van der Waals surface area contributed by atoms with Crippen molar-refractivity contribution >= 4 is 17.6 Å². The average molecular weight is 311 g/mol. The molecule has 0 bridgehead atoms. The number of esters is 1. The fourth-order valence-corrected chi connectivity index (χ4v) is 2.46. The zero-order valence-corrected chi connectivity index (χ0v) is 13.8. The Morgan fingerprint density at radius 2 is 1.52 bits per heavy atom. The fourth-order valence-electron chi connectivity index (χ4n) is 2.28. The number of halogens is 1. The molecule has 2 nitrogen and oxygen atoms in total. The van der Waals surface area contributed by atoms with E-state index in [-0.39, 0.29) is 5.97 Å². The van der Waals surface area contributed by atoms with E-state index in [4.69, 9.17) is 16.3 Å². The molecule has 0 aliphatic rings. The highest BCUT2D eigenvalue weighted by Gasteiger charge is 2.07. The zero-order chi connectivity index (χ0) is 15.3. The van der Waals surface area contributed by atoms with Crippen molar-refractivity contribution in [1.82, 2.24) is 0 Å². The predicted octanol–water partition coefficient (Wildman–Crippen LogP) is 6.17. The lowest BCUT2D eigenvalue weighted by Crippen LogP contribution is -2.07. The van der Waals surface area contributed by atoms with Crippen LogP contribution in [0.2, 0.25) is 5.02 Å². The summed E-state index contributed by atoms with van der Waals surface area (Å²) in [5.74, 6) is 0.270. The lowest BCUT2D eigenvalue weighted by Gasteiger charge is -2.06. The third-order valence-electron chi connectivity index (χ3n) is 3.54. The van der Waals surface area contributed by atoms with E-state index in [1.807, 2.05) is 12.1 Å². The Hall–Kier alpha value is -1.02. The smallest absolute Gasteiger partial charge is 0.311 e. The van der Waals surface area contributed by atoms with E-state index in [9.17, 15) is 4.79 Å². The number of rotatable bonds is 11. The van der Waals surface area contributed by atoms with Crippen LogP contribution in [0.4, 0.5) is 0 Å². The van der Waals surface area contributed by atoms with Crippen molar-refractivity contribution in [2.75, 3.05) is 0 Å². The molecule has 1 aromatic carbocycles. The third kappa shape index (κ3) is 8.77. The van der Waals surface area contributed by atoms with Crippen LogP contribution in [0.3, 0.4) is 0 Å². The van der Waals surface area contributed by atoms with Crippen LogP contribution in [0.15, 0.2) is 24.3 Å². The van der Waals surface area contributed by atoms with Gasteiger partial charge in [0.25, 0.3) is 0 Å². The number of hydrogen-bond acceptors (Lipinski definition) is 2. The number of para-hydroxylation sites is 1. The van der Waals surface area contributed by atoms with Crippen LogP contribution in [0, 0.1) is 0 Å². The van der Waals surface area contributed by atoms with Crippen molar-refractivity contribution in [2.24, 2.45) is 0 Å². The first kappa shape index (κ1) is 18.0. The van der Waals surface area contributed by atoms with Crippen LogP contribution in [0.1, 0.15) is 71.1 Å². The van der Waals surface area contributed by atoms with Crippen molar-refractivity contribution in [2.45, 2.75) is 71.1 Å². The molecular formula is C18H27ClO2. The van der Waals surface area contributed by atoms with Gasteiger partial charge in [0.1, 0.15) is 5.75 Å². The maximum atomic E-state index is 11.7. The molecule has 21 heavy (non-hydrogen) atoms. The van der Waals surface area contributed by atoms with Crippen LogP contribution < -0.4 is 4.74 Å². The predicted molar refractivity (Wildman–Crippen MR) is 88.9 cm³/mol. The van der Waals surface area contributed by atoms with Gasteiger partial charge in [-0.1, -0.05) is 82.0 Å². The normalized spacial score (nSPS) is 10.6. The average Bonchev–Trinajstić information content (AvgIpc) is 2.48. The molecule has 0 aliphatic carbocycles. The van der Waals surface area contributed by atoms with Crippen LogP contribution in [-0.2, 0) is 4.79 Å². The number of unbranched alkanes of at least 4 members (excludes halogenated alkanes) is 8. The number of ether oxygens (including phenoxy) is 1. The quantitative estimate of drug-likeness (QED) is 0.278. The minimum Gasteiger partial charge on any atom is -0.425 e. The van der Waals surface area contributed by atoms with Gasteiger partial charge in [0.05, 0.1) is 5.02 Å². The fraction of sp³-hybridized carbons (Fsp3) is 0.611. The standard InChI is InChI=1S/C18H27ClO2/c1-2-3-4-5-6-7-8-9-10-15-18(20)21-17-14-12-11-13-16(17)19/h11-14H,2-10,15H2,1H3. The molecule has 0 atom stereocenters. The first-order valence-corrected chi connectivity index (χ1v) is 8.57. The Kier molecular flexibility index (Phi) is 9.98. The molecule has 0 fully saturated rings. The highest BCUT2D eigenvalue weighted by atomic mass is 35.5. The molecule has 0 aliphatic heterocycles. The molecule has 0 aromatic heterocycles. The molecule has 0 heterocycles. The lowest BCUT2D eigenvalue weighted by molar-refractivity contribution is -0.134. The highest BCUT2D eigenvalue weighted by Crippen LogP contribution is 2.23. The molecule has 0 unspecified atom stereocenters. The first-order chi connectivity index (χ1) is 10.2. The number of hydrogen-bond donors (Lipinski definition) is 0. The van der Waals surface area contributed by atoms with Gasteiger partial charge >= 0.3 is 5.97 Å². The second-order valence-corrected chi connectivity index (χ2v) is 5.89. The van der Waals surface area contributed by atoms with Gasteiger partial charge in [0.2, 0.25) is 0 Å². The van der Waals surface area contributed by atoms with E-state index in [2.05, 4.69) is 6.92 Å². The van der Waals surface area contributed by atoms with Gasteiger partial charge in [-0.15, -0.1) is 0 Å².